The van der Waals surface area contributed by atoms with Crippen LogP contribution in [0.15, 0.2) is 36.4 Å². The van der Waals surface area contributed by atoms with E-state index in [1.54, 1.807) is 35.0 Å². The molecule has 1 N–H and O–H groups in total. The third-order valence-electron chi connectivity index (χ3n) is 5.50. The lowest BCUT2D eigenvalue weighted by atomic mass is 10.0. The third-order valence-corrected chi connectivity index (χ3v) is 7.20. The number of aromatic hydroxyl groups is 1. The molecule has 0 aliphatic heterocycles. The minimum atomic E-state index is -1.24. The summed E-state index contributed by atoms with van der Waals surface area (Å²) < 4.78 is 12.9. The van der Waals surface area contributed by atoms with Gasteiger partial charge in [0.25, 0.3) is 0 Å². The van der Waals surface area contributed by atoms with Gasteiger partial charge < -0.3 is 14.6 Å². The van der Waals surface area contributed by atoms with Gasteiger partial charge >= 0.3 is 0 Å². The summed E-state index contributed by atoms with van der Waals surface area (Å²) in [5.41, 5.74) is 3.96. The van der Waals surface area contributed by atoms with E-state index < -0.39 is 8.07 Å². The van der Waals surface area contributed by atoms with Crippen LogP contribution in [0.1, 0.15) is 21.5 Å². The average Bonchev–Trinajstić information content (AvgIpc) is 3.26. The summed E-state index contributed by atoms with van der Waals surface area (Å²) in [6, 6.07) is 13.2. The number of methoxy groups -OCH3 is 1. The van der Waals surface area contributed by atoms with Crippen LogP contribution in [0.2, 0.25) is 25.7 Å². The van der Waals surface area contributed by atoms with Crippen LogP contribution in [0, 0.1) is 11.3 Å². The molecule has 164 valence electrons. The predicted molar refractivity (Wildman–Crippen MR) is 124 cm³/mol. The maximum absolute atomic E-state index is 13.3. The zero-order chi connectivity index (χ0) is 23.0. The fourth-order valence-electron chi connectivity index (χ4n) is 3.73. The summed E-state index contributed by atoms with van der Waals surface area (Å²) >= 11 is 0. The van der Waals surface area contributed by atoms with E-state index in [0.29, 0.717) is 40.2 Å². The summed E-state index contributed by atoms with van der Waals surface area (Å²) in [4.78, 5) is 13.3. The summed E-state index contributed by atoms with van der Waals surface area (Å²) in [6.45, 7) is 7.70. The van der Waals surface area contributed by atoms with Crippen LogP contribution in [0.4, 0.5) is 0 Å². The van der Waals surface area contributed by atoms with Crippen LogP contribution in [-0.2, 0) is 11.5 Å². The Morgan fingerprint density at radius 3 is 2.50 bits per heavy atom. The minimum absolute atomic E-state index is 0.0874. The van der Waals surface area contributed by atoms with E-state index in [1.165, 1.54) is 13.2 Å². The topological polar surface area (TPSA) is 97.4 Å². The van der Waals surface area contributed by atoms with Crippen molar-refractivity contribution in [3.63, 3.8) is 0 Å². The number of ether oxygens (including phenoxy) is 2. The predicted octanol–water partition coefficient (Wildman–Crippen LogP) is 4.66. The van der Waals surface area contributed by atoms with Crippen molar-refractivity contribution in [2.45, 2.75) is 32.4 Å². The van der Waals surface area contributed by atoms with Crippen molar-refractivity contribution >= 4 is 13.9 Å². The molecule has 0 atom stereocenters. The Balaban J connectivity index is 1.80. The molecule has 32 heavy (non-hydrogen) atoms. The van der Waals surface area contributed by atoms with Crippen molar-refractivity contribution in [1.82, 2.24) is 9.78 Å². The van der Waals surface area contributed by atoms with Gasteiger partial charge in [0.15, 0.2) is 17.3 Å². The van der Waals surface area contributed by atoms with E-state index in [2.05, 4.69) is 25.7 Å². The van der Waals surface area contributed by atoms with Gasteiger partial charge in [-0.25, -0.2) is 4.68 Å². The Bertz CT molecular complexity index is 1230. The van der Waals surface area contributed by atoms with E-state index >= 15 is 0 Å². The van der Waals surface area contributed by atoms with Gasteiger partial charge in [0.2, 0.25) is 0 Å². The standard InChI is InChI=1S/C24H25N3O4Si/c1-30-20-12-17-18(11-19(20)28)24(29)21-22(16-7-5-15(13-25)6-8-16)26-27(23(17)21)14-31-9-10-32(2,3)4/h5-8,11-12,28H,9-10,14H2,1-4H3. The van der Waals surface area contributed by atoms with Crippen LogP contribution in [0.3, 0.4) is 0 Å². The molecule has 3 aromatic rings. The molecule has 0 saturated heterocycles. The van der Waals surface area contributed by atoms with E-state index in [1.807, 2.05) is 0 Å². The minimum Gasteiger partial charge on any atom is -0.504 e. The van der Waals surface area contributed by atoms with Gasteiger partial charge in [-0.05, 0) is 30.3 Å². The second-order valence-electron chi connectivity index (χ2n) is 9.01. The lowest BCUT2D eigenvalue weighted by molar-refractivity contribution is 0.0799. The van der Waals surface area contributed by atoms with E-state index in [0.717, 1.165) is 11.6 Å². The molecule has 0 fully saturated rings. The highest BCUT2D eigenvalue weighted by Gasteiger charge is 2.36. The molecule has 8 heteroatoms. The van der Waals surface area contributed by atoms with Gasteiger partial charge in [-0.15, -0.1) is 0 Å². The zero-order valence-corrected chi connectivity index (χ0v) is 19.6. The van der Waals surface area contributed by atoms with E-state index in [-0.39, 0.29) is 24.0 Å². The van der Waals surface area contributed by atoms with Crippen LogP contribution < -0.4 is 4.74 Å². The smallest absolute Gasteiger partial charge is 0.198 e. The second-order valence-corrected chi connectivity index (χ2v) is 14.6. The highest BCUT2D eigenvalue weighted by molar-refractivity contribution is 6.76. The summed E-state index contributed by atoms with van der Waals surface area (Å²) in [6.07, 6.45) is 0. The molecule has 1 aliphatic rings. The van der Waals surface area contributed by atoms with Crippen molar-refractivity contribution in [3.05, 3.63) is 53.1 Å². The number of nitrogens with zero attached hydrogens (tertiary/aromatic N) is 3. The van der Waals surface area contributed by atoms with Gasteiger partial charge in [-0.2, -0.15) is 10.4 Å². The van der Waals surface area contributed by atoms with Gasteiger partial charge in [0, 0.05) is 31.4 Å². The van der Waals surface area contributed by atoms with Crippen LogP contribution in [0.5, 0.6) is 11.5 Å². The van der Waals surface area contributed by atoms with Crippen molar-refractivity contribution in [2.75, 3.05) is 13.7 Å². The molecule has 1 aliphatic carbocycles. The Hall–Kier alpha value is -3.41. The molecule has 7 nitrogen and oxygen atoms in total. The maximum Gasteiger partial charge on any atom is 0.198 e. The van der Waals surface area contributed by atoms with Crippen molar-refractivity contribution < 1.29 is 19.4 Å². The fraction of sp³-hybridized carbons (Fsp3) is 0.292. The lowest BCUT2D eigenvalue weighted by Crippen LogP contribution is -2.22. The summed E-state index contributed by atoms with van der Waals surface area (Å²) in [5, 5.41) is 24.0. The highest BCUT2D eigenvalue weighted by atomic mass is 28.3. The zero-order valence-electron chi connectivity index (χ0n) is 18.6. The first-order valence-electron chi connectivity index (χ1n) is 10.4. The number of nitriles is 1. The monoisotopic (exact) mass is 447 g/mol. The number of carbonyl (C=O) groups excluding carboxylic acids is 1. The maximum atomic E-state index is 13.3. The SMILES string of the molecule is COc1cc2c(cc1O)C(=O)c1c(-c3ccc(C#N)cc3)nn(COCC[Si](C)(C)C)c1-2. The molecule has 0 unspecified atom stereocenters. The number of hydrogen-bond donors (Lipinski definition) is 1. The third kappa shape index (κ3) is 3.93. The molecule has 0 spiro atoms. The molecule has 1 aromatic heterocycles. The number of rotatable bonds is 7. The number of fused-ring (bicyclic) bond motifs is 3. The van der Waals surface area contributed by atoms with Crippen molar-refractivity contribution in [3.8, 4) is 40.1 Å². The molecule has 0 amide bonds. The number of ketones is 1. The van der Waals surface area contributed by atoms with Crippen molar-refractivity contribution in [1.29, 1.82) is 5.26 Å². The quantitative estimate of drug-likeness (QED) is 0.327. The number of phenolic OH excluding ortho intramolecular Hbond substituents is 1. The van der Waals surface area contributed by atoms with E-state index in [4.69, 9.17) is 19.8 Å². The van der Waals surface area contributed by atoms with Gasteiger partial charge in [-0.1, -0.05) is 31.8 Å². The van der Waals surface area contributed by atoms with Crippen LogP contribution in [0.25, 0.3) is 22.5 Å². The number of carbonyl (C=O) groups is 1. The van der Waals surface area contributed by atoms with Crippen LogP contribution >= 0.6 is 0 Å². The Kier molecular flexibility index (Phi) is 5.63. The van der Waals surface area contributed by atoms with Crippen LogP contribution in [-0.4, -0.2) is 42.5 Å². The van der Waals surface area contributed by atoms with Gasteiger partial charge in [-0.3, -0.25) is 4.79 Å². The number of aromatic nitrogens is 2. The Morgan fingerprint density at radius 1 is 1.16 bits per heavy atom. The van der Waals surface area contributed by atoms with Crippen molar-refractivity contribution in [2.24, 2.45) is 0 Å². The Morgan fingerprint density at radius 2 is 1.88 bits per heavy atom. The molecule has 0 radical (unpaired) electrons. The first-order chi connectivity index (χ1) is 15.2. The largest absolute Gasteiger partial charge is 0.504 e. The summed E-state index contributed by atoms with van der Waals surface area (Å²) in [5.74, 6) is -0.00652. The first-order valence-corrected chi connectivity index (χ1v) is 14.1. The molecule has 2 aromatic carbocycles. The van der Waals surface area contributed by atoms with Gasteiger partial charge in [0.05, 0.1) is 30.0 Å². The molecular weight excluding hydrogens is 422 g/mol. The first kappa shape index (κ1) is 21.8. The molecule has 4 rings (SSSR count). The summed E-state index contributed by atoms with van der Waals surface area (Å²) in [7, 11) is 0.231. The molecule has 0 bridgehead atoms. The molecular formula is C24H25N3O4Si. The molecule has 1 heterocycles. The Labute approximate surface area is 187 Å². The van der Waals surface area contributed by atoms with E-state index in [9.17, 15) is 9.90 Å². The lowest BCUT2D eigenvalue weighted by Gasteiger charge is -2.16. The number of benzene rings is 2. The molecule has 0 saturated carbocycles. The average molecular weight is 448 g/mol. The number of hydrogen-bond acceptors (Lipinski definition) is 6. The van der Waals surface area contributed by atoms with Gasteiger partial charge in [0.1, 0.15) is 12.4 Å². The fourth-order valence-corrected chi connectivity index (χ4v) is 4.49. The normalized spacial score (nSPS) is 12.4. The highest BCUT2D eigenvalue weighted by Crippen LogP contribution is 2.45. The second kappa shape index (κ2) is 8.26. The number of phenols is 1.